The van der Waals surface area contributed by atoms with Gasteiger partial charge in [-0.1, -0.05) is 59.2 Å². The normalized spacial score (nSPS) is 16.8. The lowest BCUT2D eigenvalue weighted by Gasteiger charge is -2.36. The van der Waals surface area contributed by atoms with Crippen LogP contribution in [0.2, 0.25) is 10.0 Å². The molecule has 0 unspecified atom stereocenters. The van der Waals surface area contributed by atoms with E-state index >= 15 is 0 Å². The molecule has 0 aliphatic carbocycles. The zero-order valence-electron chi connectivity index (χ0n) is 14.3. The van der Waals surface area contributed by atoms with E-state index in [2.05, 4.69) is 4.99 Å². The van der Waals surface area contributed by atoms with Gasteiger partial charge in [0.15, 0.2) is 5.17 Å². The first-order valence-electron chi connectivity index (χ1n) is 8.06. The molecular weight excluding hydrogens is 434 g/mol. The molecule has 0 saturated carbocycles. The predicted molar refractivity (Wildman–Crippen MR) is 107 cm³/mol. The van der Waals surface area contributed by atoms with Crippen LogP contribution in [0.25, 0.3) is 0 Å². The van der Waals surface area contributed by atoms with E-state index in [-0.39, 0.29) is 17.6 Å². The smallest absolute Gasteiger partial charge is 0.284 e. The first-order valence-corrected chi connectivity index (χ1v) is 9.81. The summed E-state index contributed by atoms with van der Waals surface area (Å²) in [5, 5.41) is 0.659. The molecule has 2 aromatic carbocycles. The number of amides is 2. The maximum Gasteiger partial charge on any atom is 0.408 e. The van der Waals surface area contributed by atoms with Crippen LogP contribution in [0.15, 0.2) is 53.5 Å². The number of benzene rings is 2. The number of para-hydroxylation sites is 1. The zero-order chi connectivity index (χ0) is 20.3. The number of nitrogens with zero attached hydrogens (tertiary/aromatic N) is 3. The highest BCUT2D eigenvalue weighted by Crippen LogP contribution is 2.30. The lowest BCUT2D eigenvalue weighted by Crippen LogP contribution is -2.50. The van der Waals surface area contributed by atoms with E-state index < -0.39 is 18.8 Å². The Morgan fingerprint density at radius 3 is 2.43 bits per heavy atom. The fraction of sp³-hybridized carbons (Fsp3) is 0.222. The zero-order valence-corrected chi connectivity index (χ0v) is 16.6. The van der Waals surface area contributed by atoms with Crippen LogP contribution in [0, 0.1) is 0 Å². The van der Waals surface area contributed by atoms with Gasteiger partial charge in [-0.2, -0.15) is 13.2 Å². The Kier molecular flexibility index (Phi) is 6.42. The maximum atomic E-state index is 13.0. The van der Waals surface area contributed by atoms with Crippen LogP contribution >= 0.6 is 35.0 Å². The van der Waals surface area contributed by atoms with Crippen molar-refractivity contribution in [1.29, 1.82) is 0 Å². The third-order valence-electron chi connectivity index (χ3n) is 3.80. The van der Waals surface area contributed by atoms with Gasteiger partial charge in [0.2, 0.25) is 0 Å². The van der Waals surface area contributed by atoms with Crippen LogP contribution in [0.3, 0.4) is 0 Å². The Morgan fingerprint density at radius 1 is 1.07 bits per heavy atom. The summed E-state index contributed by atoms with van der Waals surface area (Å²) in [6.45, 7) is -1.34. The minimum Gasteiger partial charge on any atom is -0.284 e. The van der Waals surface area contributed by atoms with Gasteiger partial charge < -0.3 is 0 Å². The van der Waals surface area contributed by atoms with Crippen molar-refractivity contribution in [2.75, 3.05) is 17.3 Å². The number of urea groups is 1. The number of amidine groups is 1. The molecule has 3 rings (SSSR count). The number of alkyl halides is 3. The molecule has 1 saturated heterocycles. The van der Waals surface area contributed by atoms with Crippen molar-refractivity contribution < 1.29 is 18.0 Å². The number of hydrogen-bond donors (Lipinski definition) is 0. The number of hydrogen-bond acceptors (Lipinski definition) is 3. The minimum absolute atomic E-state index is 0.0144. The first-order chi connectivity index (χ1) is 13.2. The van der Waals surface area contributed by atoms with Crippen molar-refractivity contribution in [1.82, 2.24) is 4.90 Å². The van der Waals surface area contributed by atoms with E-state index in [1.165, 1.54) is 9.80 Å². The van der Waals surface area contributed by atoms with E-state index in [4.69, 9.17) is 23.2 Å². The summed E-state index contributed by atoms with van der Waals surface area (Å²) in [6.07, 6.45) is -4.46. The van der Waals surface area contributed by atoms with Crippen LogP contribution in [0.4, 0.5) is 23.7 Å². The van der Waals surface area contributed by atoms with Gasteiger partial charge in [-0.3, -0.25) is 14.8 Å². The monoisotopic (exact) mass is 447 g/mol. The average Bonchev–Trinajstić information content (AvgIpc) is 2.65. The Bertz CT molecular complexity index is 893. The minimum atomic E-state index is -4.46. The summed E-state index contributed by atoms with van der Waals surface area (Å²) in [4.78, 5) is 19.4. The second kappa shape index (κ2) is 8.63. The lowest BCUT2D eigenvalue weighted by atomic mass is 10.2. The van der Waals surface area contributed by atoms with Gasteiger partial charge in [0.05, 0.1) is 22.5 Å². The second-order valence-corrected chi connectivity index (χ2v) is 7.59. The molecule has 0 N–H and O–H groups in total. The van der Waals surface area contributed by atoms with Crippen LogP contribution in [-0.2, 0) is 6.54 Å². The van der Waals surface area contributed by atoms with E-state index in [0.717, 1.165) is 11.8 Å². The van der Waals surface area contributed by atoms with Gasteiger partial charge in [-0.05, 0) is 29.8 Å². The molecule has 2 amide bonds. The molecule has 1 heterocycles. The van der Waals surface area contributed by atoms with Crippen LogP contribution < -0.4 is 4.90 Å². The molecule has 2 aromatic rings. The molecule has 0 aromatic heterocycles. The second-order valence-electron chi connectivity index (χ2n) is 5.87. The summed E-state index contributed by atoms with van der Waals surface area (Å²) >= 11 is 13.0. The highest BCUT2D eigenvalue weighted by atomic mass is 35.5. The Labute approximate surface area is 173 Å². The number of halogens is 5. The SMILES string of the molecule is O=C1N(Cc2ccc(Cl)c(Cl)c2)/C(=N\CC(F)(F)F)SCN1c1ccccc1. The molecule has 1 fully saturated rings. The quantitative estimate of drug-likeness (QED) is 0.572. The molecule has 0 spiro atoms. The van der Waals surface area contributed by atoms with E-state index in [1.807, 2.05) is 6.07 Å². The van der Waals surface area contributed by atoms with Gasteiger partial charge in [-0.15, -0.1) is 0 Å². The fourth-order valence-electron chi connectivity index (χ4n) is 2.52. The summed E-state index contributed by atoms with van der Waals surface area (Å²) in [6, 6.07) is 13.2. The van der Waals surface area contributed by atoms with E-state index in [0.29, 0.717) is 21.3 Å². The lowest BCUT2D eigenvalue weighted by molar-refractivity contribution is -0.118. The van der Waals surface area contributed by atoms with Crippen LogP contribution in [-0.4, -0.2) is 34.7 Å². The number of thioether (sulfide) groups is 1. The average molecular weight is 448 g/mol. The van der Waals surface area contributed by atoms with Crippen molar-refractivity contribution in [3.63, 3.8) is 0 Å². The molecule has 4 nitrogen and oxygen atoms in total. The van der Waals surface area contributed by atoms with Gasteiger partial charge in [0.25, 0.3) is 0 Å². The van der Waals surface area contributed by atoms with Gasteiger partial charge in [0, 0.05) is 5.69 Å². The Balaban J connectivity index is 1.91. The Morgan fingerprint density at radius 2 is 1.79 bits per heavy atom. The third-order valence-corrected chi connectivity index (χ3v) is 5.54. The van der Waals surface area contributed by atoms with Crippen molar-refractivity contribution in [3.05, 3.63) is 64.1 Å². The van der Waals surface area contributed by atoms with Crippen molar-refractivity contribution in [3.8, 4) is 0 Å². The topological polar surface area (TPSA) is 35.9 Å². The molecule has 0 atom stereocenters. The standard InChI is InChI=1S/C18H14Cl2F3N3OS/c19-14-7-6-12(8-15(14)20)9-25-16(24-10-18(21,22)23)28-11-26(17(25)27)13-4-2-1-3-5-13/h1-8H,9-11H2/b24-16+. The van der Waals surface area contributed by atoms with Gasteiger partial charge in [0.1, 0.15) is 6.54 Å². The molecule has 28 heavy (non-hydrogen) atoms. The number of carbonyl (C=O) groups is 1. The predicted octanol–water partition coefficient (Wildman–Crippen LogP) is 6.04. The number of anilines is 1. The summed E-state index contributed by atoms with van der Waals surface area (Å²) in [5.41, 5.74) is 1.27. The van der Waals surface area contributed by atoms with Crippen molar-refractivity contribution >= 4 is 51.8 Å². The highest BCUT2D eigenvalue weighted by Gasteiger charge is 2.34. The summed E-state index contributed by atoms with van der Waals surface area (Å²) < 4.78 is 37.9. The highest BCUT2D eigenvalue weighted by molar-refractivity contribution is 8.14. The molecule has 148 valence electrons. The van der Waals surface area contributed by atoms with Gasteiger partial charge >= 0.3 is 12.2 Å². The number of aliphatic imine (C=N–C) groups is 1. The fourth-order valence-corrected chi connectivity index (χ4v) is 3.80. The molecule has 1 aliphatic heterocycles. The van der Waals surface area contributed by atoms with E-state index in [9.17, 15) is 18.0 Å². The molecule has 0 bridgehead atoms. The Hall–Kier alpha value is -1.90. The number of rotatable bonds is 4. The van der Waals surface area contributed by atoms with Crippen molar-refractivity contribution in [2.24, 2.45) is 4.99 Å². The maximum absolute atomic E-state index is 13.0. The number of carbonyl (C=O) groups excluding carboxylic acids is 1. The summed E-state index contributed by atoms with van der Waals surface area (Å²) in [5.74, 6) is 0.164. The first kappa shape index (κ1) is 20.8. The summed E-state index contributed by atoms with van der Waals surface area (Å²) in [7, 11) is 0. The van der Waals surface area contributed by atoms with Crippen LogP contribution in [0.5, 0.6) is 0 Å². The van der Waals surface area contributed by atoms with Crippen molar-refractivity contribution in [2.45, 2.75) is 12.7 Å². The third kappa shape index (κ3) is 5.12. The molecular formula is C18H14Cl2F3N3OS. The molecule has 0 radical (unpaired) electrons. The van der Waals surface area contributed by atoms with Gasteiger partial charge in [-0.25, -0.2) is 4.79 Å². The largest absolute Gasteiger partial charge is 0.408 e. The molecule has 10 heteroatoms. The van der Waals surface area contributed by atoms with E-state index in [1.54, 1.807) is 42.5 Å². The van der Waals surface area contributed by atoms with Crippen LogP contribution in [0.1, 0.15) is 5.56 Å². The molecule has 1 aliphatic rings.